The second-order valence-corrected chi connectivity index (χ2v) is 8.04. The van der Waals surface area contributed by atoms with E-state index in [4.69, 9.17) is 4.74 Å². The average Bonchev–Trinajstić information content (AvgIpc) is 2.83. The number of halogens is 1. The maximum absolute atomic E-state index is 13.7. The fraction of sp³-hybridized carbons (Fsp3) is 0.333. The molecule has 9 heteroatoms. The van der Waals surface area contributed by atoms with E-state index in [0.29, 0.717) is 35.8 Å². The summed E-state index contributed by atoms with van der Waals surface area (Å²) in [6.07, 6.45) is 0.478. The number of H-pyrrole nitrogens is 1. The second-order valence-electron chi connectivity index (χ2n) is 8.04. The van der Waals surface area contributed by atoms with E-state index in [1.807, 2.05) is 11.9 Å². The fourth-order valence-electron chi connectivity index (χ4n) is 3.58. The number of hydrogen-bond acceptors (Lipinski definition) is 6. The lowest BCUT2D eigenvalue weighted by molar-refractivity contribution is -0.132. The second kappa shape index (κ2) is 10.4. The number of aromatic nitrogens is 3. The van der Waals surface area contributed by atoms with Gasteiger partial charge in [0.15, 0.2) is 5.82 Å². The third-order valence-electron chi connectivity index (χ3n) is 5.68. The highest BCUT2D eigenvalue weighted by atomic mass is 19.1. The largest absolute Gasteiger partial charge is 0.489 e. The molecule has 2 aromatic carbocycles. The quantitative estimate of drug-likeness (QED) is 0.593. The smallest absolute Gasteiger partial charge is 0.273 e. The number of aryl methyl sites for hydroxylation is 1. The third-order valence-corrected chi connectivity index (χ3v) is 5.68. The van der Waals surface area contributed by atoms with Crippen LogP contribution in [0.25, 0.3) is 11.4 Å². The average molecular weight is 452 g/mol. The molecule has 0 atom stereocenters. The van der Waals surface area contributed by atoms with E-state index in [-0.39, 0.29) is 42.4 Å². The lowest BCUT2D eigenvalue weighted by atomic mass is 10.2. The minimum Gasteiger partial charge on any atom is -0.489 e. The molecule has 33 heavy (non-hydrogen) atoms. The molecule has 8 nitrogen and oxygen atoms in total. The van der Waals surface area contributed by atoms with Gasteiger partial charge in [0.2, 0.25) is 5.91 Å². The number of nitrogens with one attached hydrogen (secondary N) is 1. The molecular formula is C24H26FN5O3. The van der Waals surface area contributed by atoms with Gasteiger partial charge in [0.1, 0.15) is 23.9 Å². The molecule has 3 aromatic rings. The summed E-state index contributed by atoms with van der Waals surface area (Å²) in [6.45, 7) is 3.23. The molecule has 2 heterocycles. The van der Waals surface area contributed by atoms with Crippen LogP contribution in [-0.2, 0) is 17.8 Å². The molecule has 1 aliphatic rings. The van der Waals surface area contributed by atoms with Crippen molar-refractivity contribution >= 4 is 5.91 Å². The molecule has 0 bridgehead atoms. The molecule has 0 unspecified atom stereocenters. The first-order valence-electron chi connectivity index (χ1n) is 10.9. The highest BCUT2D eigenvalue weighted by molar-refractivity contribution is 5.76. The van der Waals surface area contributed by atoms with Gasteiger partial charge in [0.05, 0.1) is 0 Å². The number of piperazine rings is 1. The minimum absolute atomic E-state index is 0.0272. The molecule has 1 saturated heterocycles. The van der Waals surface area contributed by atoms with Crippen LogP contribution in [0.15, 0.2) is 53.3 Å². The predicted molar refractivity (Wildman–Crippen MR) is 121 cm³/mol. The molecule has 1 N–H and O–H groups in total. The number of likely N-dealkylation sites (N-methyl/N-ethyl adjacent to an activating group) is 1. The number of carbonyl (C=O) groups is 1. The van der Waals surface area contributed by atoms with Gasteiger partial charge in [-0.2, -0.15) is 0 Å². The van der Waals surface area contributed by atoms with Gasteiger partial charge in [-0.25, -0.2) is 4.39 Å². The van der Waals surface area contributed by atoms with E-state index in [1.165, 1.54) is 6.07 Å². The van der Waals surface area contributed by atoms with Gasteiger partial charge in [-0.1, -0.05) is 18.2 Å². The van der Waals surface area contributed by atoms with Crippen LogP contribution >= 0.6 is 0 Å². The van der Waals surface area contributed by atoms with Crippen LogP contribution in [0.2, 0.25) is 0 Å². The number of ether oxygens (including phenoxy) is 1. The molecule has 1 aromatic heterocycles. The maximum Gasteiger partial charge on any atom is 0.273 e. The van der Waals surface area contributed by atoms with Gasteiger partial charge in [0, 0.05) is 50.1 Å². The lowest BCUT2D eigenvalue weighted by Crippen LogP contribution is -2.47. The first-order chi connectivity index (χ1) is 16.0. The zero-order valence-corrected chi connectivity index (χ0v) is 18.5. The Morgan fingerprint density at radius 2 is 1.79 bits per heavy atom. The summed E-state index contributed by atoms with van der Waals surface area (Å²) >= 11 is 0. The van der Waals surface area contributed by atoms with Gasteiger partial charge in [0.25, 0.3) is 5.56 Å². The number of nitrogens with zero attached hydrogens (tertiary/aromatic N) is 4. The van der Waals surface area contributed by atoms with Gasteiger partial charge >= 0.3 is 0 Å². The summed E-state index contributed by atoms with van der Waals surface area (Å²) in [6, 6.07) is 13.4. The fourth-order valence-corrected chi connectivity index (χ4v) is 3.58. The number of hydrogen-bond donors (Lipinski definition) is 1. The molecule has 0 saturated carbocycles. The van der Waals surface area contributed by atoms with Crippen LogP contribution < -0.4 is 10.3 Å². The van der Waals surface area contributed by atoms with E-state index in [1.54, 1.807) is 42.5 Å². The maximum atomic E-state index is 13.7. The summed E-state index contributed by atoms with van der Waals surface area (Å²) in [5, 5.41) is 8.16. The Kier molecular flexibility index (Phi) is 7.09. The standard InChI is InChI=1S/C24H26FN5O3/c1-29-12-14-30(15-13-29)22(31)11-10-21-24(32)26-23(28-27-21)17-6-8-19(9-7-17)33-16-18-4-2-3-5-20(18)25/h2-9H,10-16H2,1H3,(H,26,28,32). The molecule has 4 rings (SSSR count). The Morgan fingerprint density at radius 3 is 2.48 bits per heavy atom. The van der Waals surface area contributed by atoms with Gasteiger partial charge in [-0.15, -0.1) is 10.2 Å². The summed E-state index contributed by atoms with van der Waals surface area (Å²) in [5.74, 6) is 0.609. The Morgan fingerprint density at radius 1 is 1.06 bits per heavy atom. The molecule has 0 aliphatic carbocycles. The SMILES string of the molecule is CN1CCN(C(=O)CCc2nnc(-c3ccc(OCc4ccccc4F)cc3)[nH]c2=O)CC1. The number of benzene rings is 2. The molecule has 1 fully saturated rings. The molecular weight excluding hydrogens is 425 g/mol. The van der Waals surface area contributed by atoms with Crippen molar-refractivity contribution in [3.63, 3.8) is 0 Å². The molecule has 1 aliphatic heterocycles. The third kappa shape index (κ3) is 5.81. The zero-order chi connectivity index (χ0) is 23.2. The number of carbonyl (C=O) groups excluding carboxylic acids is 1. The lowest BCUT2D eigenvalue weighted by Gasteiger charge is -2.32. The Bertz CT molecular complexity index is 1160. The predicted octanol–water partition coefficient (Wildman–Crippen LogP) is 2.26. The molecule has 0 spiro atoms. The van der Waals surface area contributed by atoms with Crippen molar-refractivity contribution in [2.24, 2.45) is 0 Å². The van der Waals surface area contributed by atoms with Crippen molar-refractivity contribution in [3.05, 3.63) is 76.0 Å². The van der Waals surface area contributed by atoms with Crippen molar-refractivity contribution < 1.29 is 13.9 Å². The summed E-state index contributed by atoms with van der Waals surface area (Å²) in [5.41, 5.74) is 1.02. The molecule has 0 radical (unpaired) electrons. The summed E-state index contributed by atoms with van der Waals surface area (Å²) in [4.78, 5) is 31.6. The highest BCUT2D eigenvalue weighted by Gasteiger charge is 2.19. The molecule has 1 amide bonds. The molecule has 172 valence electrons. The Hall–Kier alpha value is -3.59. The van der Waals surface area contributed by atoms with Crippen molar-refractivity contribution in [2.75, 3.05) is 33.2 Å². The van der Waals surface area contributed by atoms with Crippen LogP contribution in [0, 0.1) is 5.82 Å². The van der Waals surface area contributed by atoms with E-state index in [0.717, 1.165) is 13.1 Å². The van der Waals surface area contributed by atoms with E-state index < -0.39 is 0 Å². The first-order valence-corrected chi connectivity index (χ1v) is 10.9. The van der Waals surface area contributed by atoms with E-state index in [9.17, 15) is 14.0 Å². The number of rotatable bonds is 7. The van der Waals surface area contributed by atoms with Gasteiger partial charge in [-0.05, 0) is 37.4 Å². The topological polar surface area (TPSA) is 91.4 Å². The summed E-state index contributed by atoms with van der Waals surface area (Å²) in [7, 11) is 2.03. The van der Waals surface area contributed by atoms with Crippen molar-refractivity contribution in [3.8, 4) is 17.1 Å². The highest BCUT2D eigenvalue weighted by Crippen LogP contribution is 2.20. The van der Waals surface area contributed by atoms with E-state index in [2.05, 4.69) is 20.1 Å². The first kappa shape index (κ1) is 22.6. The van der Waals surface area contributed by atoms with Crippen molar-refractivity contribution in [2.45, 2.75) is 19.4 Å². The summed E-state index contributed by atoms with van der Waals surface area (Å²) < 4.78 is 19.3. The van der Waals surface area contributed by atoms with Crippen molar-refractivity contribution in [1.82, 2.24) is 25.0 Å². The zero-order valence-electron chi connectivity index (χ0n) is 18.5. The Balaban J connectivity index is 1.34. The van der Waals surface area contributed by atoms with Crippen LogP contribution in [-0.4, -0.2) is 64.1 Å². The minimum atomic E-state index is -0.356. The van der Waals surface area contributed by atoms with Crippen LogP contribution in [0.5, 0.6) is 5.75 Å². The monoisotopic (exact) mass is 451 g/mol. The number of amides is 1. The number of aromatic amines is 1. The Labute approximate surface area is 191 Å². The van der Waals surface area contributed by atoms with Crippen LogP contribution in [0.1, 0.15) is 17.7 Å². The van der Waals surface area contributed by atoms with E-state index >= 15 is 0 Å². The van der Waals surface area contributed by atoms with Crippen LogP contribution in [0.3, 0.4) is 0 Å². The van der Waals surface area contributed by atoms with Crippen LogP contribution in [0.4, 0.5) is 4.39 Å². The van der Waals surface area contributed by atoms with Gasteiger partial charge in [-0.3, -0.25) is 9.59 Å². The normalized spacial score (nSPS) is 14.3. The van der Waals surface area contributed by atoms with Gasteiger partial charge < -0.3 is 19.5 Å². The van der Waals surface area contributed by atoms with Crippen molar-refractivity contribution in [1.29, 1.82) is 0 Å².